The van der Waals surface area contributed by atoms with Crippen molar-refractivity contribution in [2.75, 3.05) is 32.7 Å². The number of halogens is 1. The lowest BCUT2D eigenvalue weighted by atomic mass is 10.00. The Morgan fingerprint density at radius 3 is 2.43 bits per heavy atom. The second-order valence-corrected chi connectivity index (χ2v) is 8.67. The van der Waals surface area contributed by atoms with Crippen LogP contribution < -0.4 is 0 Å². The Morgan fingerprint density at radius 1 is 1.00 bits per heavy atom. The summed E-state index contributed by atoms with van der Waals surface area (Å²) in [6.07, 6.45) is 3.60. The maximum absolute atomic E-state index is 6.28. The zero-order chi connectivity index (χ0) is 20.9. The summed E-state index contributed by atoms with van der Waals surface area (Å²) in [4.78, 5) is 10.2. The molecule has 30 heavy (non-hydrogen) atoms. The van der Waals surface area contributed by atoms with E-state index in [2.05, 4.69) is 60.0 Å². The molecule has 2 heterocycles. The zero-order valence-corrected chi connectivity index (χ0v) is 18.9. The molecule has 0 aliphatic carbocycles. The van der Waals surface area contributed by atoms with Crippen LogP contribution in [0.4, 0.5) is 0 Å². The van der Waals surface area contributed by atoms with Crippen molar-refractivity contribution in [3.63, 3.8) is 0 Å². The van der Waals surface area contributed by atoms with Crippen LogP contribution in [0.5, 0.6) is 0 Å². The van der Waals surface area contributed by atoms with E-state index >= 15 is 0 Å². The van der Waals surface area contributed by atoms with E-state index in [1.54, 1.807) is 0 Å². The summed E-state index contributed by atoms with van der Waals surface area (Å²) in [6, 6.07) is 19.6. The van der Waals surface area contributed by atoms with Gasteiger partial charge in [-0.2, -0.15) is 0 Å². The third-order valence-corrected chi connectivity index (χ3v) is 6.75. The van der Waals surface area contributed by atoms with Crippen molar-refractivity contribution in [1.29, 1.82) is 0 Å². The average Bonchev–Trinajstić information content (AvgIpc) is 2.79. The maximum atomic E-state index is 6.28. The van der Waals surface area contributed by atoms with Crippen molar-refractivity contribution in [2.24, 2.45) is 0 Å². The molecule has 0 atom stereocenters. The minimum atomic E-state index is 0.740. The molecular formula is C26H32ClN3. The molecule has 0 unspecified atom stereocenters. The Hall–Kier alpha value is -1.94. The molecule has 1 aliphatic heterocycles. The summed E-state index contributed by atoms with van der Waals surface area (Å²) in [5.74, 6) is 0. The Labute approximate surface area is 185 Å². The molecule has 0 radical (unpaired) electrons. The summed E-state index contributed by atoms with van der Waals surface area (Å²) in [6.45, 7) is 10.4. The quantitative estimate of drug-likeness (QED) is 0.473. The summed E-state index contributed by atoms with van der Waals surface area (Å²) in [7, 11) is 0. The predicted molar refractivity (Wildman–Crippen MR) is 128 cm³/mol. The first kappa shape index (κ1) is 21.3. The Morgan fingerprint density at radius 2 is 1.73 bits per heavy atom. The molecule has 0 spiro atoms. The number of benzene rings is 2. The normalized spacial score (nSPS) is 15.9. The second kappa shape index (κ2) is 9.91. The largest absolute Gasteiger partial charge is 0.303 e. The first-order chi connectivity index (χ1) is 14.7. The number of nitrogens with zero attached hydrogens (tertiary/aromatic N) is 3. The van der Waals surface area contributed by atoms with Crippen LogP contribution in [-0.4, -0.2) is 53.5 Å². The van der Waals surface area contributed by atoms with Gasteiger partial charge in [0.15, 0.2) is 0 Å². The summed E-state index contributed by atoms with van der Waals surface area (Å²) >= 11 is 6.28. The van der Waals surface area contributed by atoms with Crippen LogP contribution in [0, 0.1) is 0 Å². The van der Waals surface area contributed by atoms with Gasteiger partial charge in [-0.3, -0.25) is 0 Å². The van der Waals surface area contributed by atoms with Crippen LogP contribution >= 0.6 is 11.6 Å². The number of pyridine rings is 1. The van der Waals surface area contributed by atoms with E-state index in [1.807, 2.05) is 18.2 Å². The molecule has 1 aromatic heterocycles. The highest BCUT2D eigenvalue weighted by atomic mass is 35.5. The number of rotatable bonds is 7. The number of piperidine rings is 1. The minimum absolute atomic E-state index is 0.740. The molecule has 0 saturated carbocycles. The van der Waals surface area contributed by atoms with Gasteiger partial charge in [0.05, 0.1) is 11.2 Å². The van der Waals surface area contributed by atoms with E-state index in [4.69, 9.17) is 16.6 Å². The zero-order valence-electron chi connectivity index (χ0n) is 18.1. The molecule has 2 aromatic carbocycles. The fourth-order valence-electron chi connectivity index (χ4n) is 4.76. The number of aromatic nitrogens is 1. The Balaban J connectivity index is 1.51. The predicted octanol–water partition coefficient (Wildman–Crippen LogP) is 5.90. The van der Waals surface area contributed by atoms with E-state index in [9.17, 15) is 0 Å². The van der Waals surface area contributed by atoms with Crippen LogP contribution in [0.1, 0.15) is 32.3 Å². The molecule has 0 N–H and O–H groups in total. The highest BCUT2D eigenvalue weighted by molar-refractivity contribution is 6.31. The van der Waals surface area contributed by atoms with Crippen molar-refractivity contribution in [3.8, 4) is 11.3 Å². The van der Waals surface area contributed by atoms with Crippen LogP contribution in [0.25, 0.3) is 22.2 Å². The van der Waals surface area contributed by atoms with Crippen molar-refractivity contribution >= 4 is 22.5 Å². The Bertz CT molecular complexity index is 961. The number of likely N-dealkylation sites (tertiary alicyclic amines) is 1. The first-order valence-electron chi connectivity index (χ1n) is 11.3. The van der Waals surface area contributed by atoms with Crippen molar-refractivity contribution in [2.45, 2.75) is 39.2 Å². The van der Waals surface area contributed by atoms with E-state index in [-0.39, 0.29) is 0 Å². The number of hydrogen-bond donors (Lipinski definition) is 0. The van der Waals surface area contributed by atoms with Gasteiger partial charge >= 0.3 is 0 Å². The van der Waals surface area contributed by atoms with E-state index in [0.717, 1.165) is 53.9 Å². The van der Waals surface area contributed by atoms with Gasteiger partial charge in [0.1, 0.15) is 0 Å². The van der Waals surface area contributed by atoms with Crippen molar-refractivity contribution < 1.29 is 0 Å². The third kappa shape index (κ3) is 4.85. The average molecular weight is 422 g/mol. The fraction of sp³-hybridized carbons (Fsp3) is 0.423. The van der Waals surface area contributed by atoms with E-state index in [1.165, 1.54) is 36.9 Å². The molecule has 3 aromatic rings. The first-order valence-corrected chi connectivity index (χ1v) is 11.7. The van der Waals surface area contributed by atoms with Gasteiger partial charge in [-0.25, -0.2) is 4.98 Å². The number of hydrogen-bond acceptors (Lipinski definition) is 3. The Kier molecular flexibility index (Phi) is 7.04. The molecular weight excluding hydrogens is 390 g/mol. The SMILES string of the molecule is CCN(CC)C1CCN(CCc2cc(-c3ccccc3)nc3cc(Cl)ccc23)CC1. The van der Waals surface area contributed by atoms with Gasteiger partial charge in [0.2, 0.25) is 0 Å². The highest BCUT2D eigenvalue weighted by Gasteiger charge is 2.22. The standard InChI is InChI=1S/C26H32ClN3/c1-3-30(4-2)23-13-16-29(17-14-23)15-12-21-18-25(20-8-6-5-7-9-20)28-26-19-22(27)10-11-24(21)26/h5-11,18-19,23H,3-4,12-17H2,1-2H3. The molecule has 158 valence electrons. The van der Waals surface area contributed by atoms with Gasteiger partial charge in [-0.05, 0) is 69.2 Å². The lowest BCUT2D eigenvalue weighted by molar-refractivity contribution is 0.117. The van der Waals surface area contributed by atoms with Crippen LogP contribution in [0.15, 0.2) is 54.6 Å². The lowest BCUT2D eigenvalue weighted by Gasteiger charge is -2.37. The highest BCUT2D eigenvalue weighted by Crippen LogP contribution is 2.27. The van der Waals surface area contributed by atoms with Crippen LogP contribution in [0.2, 0.25) is 5.02 Å². The van der Waals surface area contributed by atoms with Gasteiger partial charge in [0, 0.05) is 28.6 Å². The molecule has 1 aliphatic rings. The van der Waals surface area contributed by atoms with Gasteiger partial charge < -0.3 is 9.80 Å². The van der Waals surface area contributed by atoms with Gasteiger partial charge in [0.25, 0.3) is 0 Å². The second-order valence-electron chi connectivity index (χ2n) is 8.24. The molecule has 4 rings (SSSR count). The maximum Gasteiger partial charge on any atom is 0.0727 e. The summed E-state index contributed by atoms with van der Waals surface area (Å²) in [5.41, 5.74) is 4.53. The monoisotopic (exact) mass is 421 g/mol. The van der Waals surface area contributed by atoms with Crippen LogP contribution in [0.3, 0.4) is 0 Å². The smallest absolute Gasteiger partial charge is 0.0727 e. The number of fused-ring (bicyclic) bond motifs is 1. The third-order valence-electron chi connectivity index (χ3n) is 6.51. The molecule has 4 heteroatoms. The van der Waals surface area contributed by atoms with E-state index < -0.39 is 0 Å². The molecule has 0 amide bonds. The molecule has 0 bridgehead atoms. The van der Waals surface area contributed by atoms with Gasteiger partial charge in [-0.15, -0.1) is 0 Å². The summed E-state index contributed by atoms with van der Waals surface area (Å²) in [5, 5.41) is 1.96. The lowest BCUT2D eigenvalue weighted by Crippen LogP contribution is -2.45. The van der Waals surface area contributed by atoms with Gasteiger partial charge in [-0.1, -0.05) is 61.8 Å². The van der Waals surface area contributed by atoms with Crippen molar-refractivity contribution in [1.82, 2.24) is 14.8 Å². The molecule has 1 fully saturated rings. The van der Waals surface area contributed by atoms with Crippen LogP contribution in [-0.2, 0) is 6.42 Å². The fourth-order valence-corrected chi connectivity index (χ4v) is 4.93. The topological polar surface area (TPSA) is 19.4 Å². The summed E-state index contributed by atoms with van der Waals surface area (Å²) < 4.78 is 0. The minimum Gasteiger partial charge on any atom is -0.303 e. The molecule has 1 saturated heterocycles. The molecule has 3 nitrogen and oxygen atoms in total. The van der Waals surface area contributed by atoms with E-state index in [0.29, 0.717) is 0 Å². The van der Waals surface area contributed by atoms with Crippen molar-refractivity contribution in [3.05, 3.63) is 65.2 Å².